The first-order valence-electron chi connectivity index (χ1n) is 22.8. The van der Waals surface area contributed by atoms with E-state index in [1.807, 2.05) is 0 Å². The van der Waals surface area contributed by atoms with E-state index in [1.165, 1.54) is 89.0 Å². The number of benzene rings is 10. The number of nitrogens with zero attached hydrogens (tertiary/aromatic N) is 1. The van der Waals surface area contributed by atoms with Crippen LogP contribution in [0.2, 0.25) is 0 Å². The molecule has 0 amide bonds. The molecule has 0 spiro atoms. The van der Waals surface area contributed by atoms with Gasteiger partial charge in [-0.2, -0.15) is 0 Å². The number of fused-ring (bicyclic) bond motifs is 6. The normalized spacial score (nSPS) is 15.1. The Hall–Kier alpha value is -8.00. The van der Waals surface area contributed by atoms with Crippen LogP contribution in [0.5, 0.6) is 0 Å². The minimum absolute atomic E-state index is 0.156. The molecular weight excluding hydrogens is 783 g/mol. The van der Waals surface area contributed by atoms with Gasteiger partial charge in [0.25, 0.3) is 0 Å². The van der Waals surface area contributed by atoms with Gasteiger partial charge in [0.05, 0.1) is 11.1 Å². The summed E-state index contributed by atoms with van der Waals surface area (Å²) in [6, 6.07) is 92.2. The molecule has 0 aliphatic heterocycles. The highest BCUT2D eigenvalue weighted by atomic mass is 15.1. The van der Waals surface area contributed by atoms with E-state index < -0.39 is 5.41 Å². The lowest BCUT2D eigenvalue weighted by Gasteiger charge is -2.35. The Balaban J connectivity index is 1.13. The van der Waals surface area contributed by atoms with Crippen LogP contribution in [0.1, 0.15) is 47.2 Å². The summed E-state index contributed by atoms with van der Waals surface area (Å²) in [7, 11) is 0. The molecule has 0 saturated carbocycles. The third kappa shape index (κ3) is 6.15. The molecule has 1 atom stereocenters. The van der Waals surface area contributed by atoms with Crippen LogP contribution < -0.4 is 4.90 Å². The molecule has 0 N–H and O–H groups in total. The molecule has 65 heavy (non-hydrogen) atoms. The Morgan fingerprint density at radius 1 is 0.277 bits per heavy atom. The van der Waals surface area contributed by atoms with Crippen LogP contribution in [0.25, 0.3) is 55.6 Å². The van der Waals surface area contributed by atoms with Crippen molar-refractivity contribution in [3.8, 4) is 55.6 Å². The van der Waals surface area contributed by atoms with Gasteiger partial charge in [-0.3, -0.25) is 0 Å². The molecule has 0 aromatic heterocycles. The van der Waals surface area contributed by atoms with Crippen molar-refractivity contribution >= 4 is 17.1 Å². The third-order valence-corrected chi connectivity index (χ3v) is 14.2. The predicted molar refractivity (Wildman–Crippen MR) is 272 cm³/mol. The third-order valence-electron chi connectivity index (χ3n) is 14.2. The summed E-state index contributed by atoms with van der Waals surface area (Å²) >= 11 is 0. The summed E-state index contributed by atoms with van der Waals surface area (Å²) in [5, 5.41) is 0. The van der Waals surface area contributed by atoms with Gasteiger partial charge in [-0.05, 0) is 120 Å². The zero-order chi connectivity index (χ0) is 43.5. The average Bonchev–Trinajstić information content (AvgIpc) is 3.79. The zero-order valence-corrected chi connectivity index (χ0v) is 36.6. The maximum absolute atomic E-state index is 2.51. The SMILES string of the molecule is CC1(C)c2ccccc2-c2ccc(N(c3ccc4c(c3)C(c3ccccc3)(c3ccc(-c5ccccc5)cc3)c3ccc(-c5ccccc5)cc3-4)c3ccccc3-c3ccccc3)cc21. The lowest BCUT2D eigenvalue weighted by molar-refractivity contribution is 0.660. The second-order valence-corrected chi connectivity index (χ2v) is 18.0. The Labute approximate surface area is 382 Å². The highest BCUT2D eigenvalue weighted by molar-refractivity contribution is 5.94. The van der Waals surface area contributed by atoms with Gasteiger partial charge in [0, 0.05) is 22.4 Å². The Morgan fingerprint density at radius 2 is 0.738 bits per heavy atom. The summed E-state index contributed by atoms with van der Waals surface area (Å²) in [5.41, 5.74) is 22.7. The van der Waals surface area contributed by atoms with Gasteiger partial charge in [0.2, 0.25) is 0 Å². The van der Waals surface area contributed by atoms with Crippen molar-refractivity contribution in [1.82, 2.24) is 0 Å². The first-order chi connectivity index (χ1) is 32.0. The molecular formula is C64H47N. The highest BCUT2D eigenvalue weighted by Crippen LogP contribution is 2.59. The molecule has 0 heterocycles. The van der Waals surface area contributed by atoms with E-state index in [-0.39, 0.29) is 5.41 Å². The van der Waals surface area contributed by atoms with Crippen molar-refractivity contribution in [2.75, 3.05) is 4.90 Å². The number of rotatable bonds is 8. The van der Waals surface area contributed by atoms with Crippen LogP contribution in [0, 0.1) is 0 Å². The van der Waals surface area contributed by atoms with Crippen LogP contribution in [-0.4, -0.2) is 0 Å². The van der Waals surface area contributed by atoms with Gasteiger partial charge in [0.1, 0.15) is 0 Å². The molecule has 0 saturated heterocycles. The summed E-state index contributed by atoms with van der Waals surface area (Å²) in [6.45, 7) is 4.74. The van der Waals surface area contributed by atoms with E-state index in [4.69, 9.17) is 0 Å². The van der Waals surface area contributed by atoms with Crippen molar-refractivity contribution in [3.05, 3.63) is 282 Å². The molecule has 2 aliphatic rings. The molecule has 308 valence electrons. The summed E-state index contributed by atoms with van der Waals surface area (Å²) in [5.74, 6) is 0. The number of anilines is 3. The van der Waals surface area contributed by atoms with E-state index in [9.17, 15) is 0 Å². The molecule has 1 nitrogen and oxygen atoms in total. The first kappa shape index (κ1) is 38.7. The van der Waals surface area contributed by atoms with Gasteiger partial charge < -0.3 is 4.90 Å². The molecule has 0 radical (unpaired) electrons. The molecule has 1 heteroatoms. The van der Waals surface area contributed by atoms with Gasteiger partial charge in [-0.25, -0.2) is 0 Å². The Kier molecular flexibility index (Phi) is 9.14. The monoisotopic (exact) mass is 829 g/mol. The van der Waals surface area contributed by atoms with Crippen LogP contribution >= 0.6 is 0 Å². The van der Waals surface area contributed by atoms with Gasteiger partial charge in [0.15, 0.2) is 0 Å². The maximum atomic E-state index is 2.51. The largest absolute Gasteiger partial charge is 0.310 e. The number of hydrogen-bond donors (Lipinski definition) is 0. The van der Waals surface area contributed by atoms with Crippen LogP contribution in [0.15, 0.2) is 249 Å². The van der Waals surface area contributed by atoms with Gasteiger partial charge in [-0.1, -0.05) is 226 Å². The summed E-state index contributed by atoms with van der Waals surface area (Å²) in [4.78, 5) is 2.51. The van der Waals surface area contributed by atoms with E-state index >= 15 is 0 Å². The second kappa shape index (κ2) is 15.4. The maximum Gasteiger partial charge on any atom is 0.0714 e. The van der Waals surface area contributed by atoms with Crippen LogP contribution in [0.3, 0.4) is 0 Å². The minimum atomic E-state index is -0.613. The number of hydrogen-bond acceptors (Lipinski definition) is 1. The van der Waals surface area contributed by atoms with Crippen molar-refractivity contribution in [3.63, 3.8) is 0 Å². The van der Waals surface area contributed by atoms with Crippen molar-refractivity contribution in [1.29, 1.82) is 0 Å². The fourth-order valence-electron chi connectivity index (χ4n) is 11.1. The quantitative estimate of drug-likeness (QED) is 0.147. The molecule has 10 aromatic rings. The van der Waals surface area contributed by atoms with E-state index in [2.05, 4.69) is 267 Å². The summed E-state index contributed by atoms with van der Waals surface area (Å²) < 4.78 is 0. The topological polar surface area (TPSA) is 3.24 Å². The van der Waals surface area contributed by atoms with Crippen LogP contribution in [-0.2, 0) is 10.8 Å². The minimum Gasteiger partial charge on any atom is -0.310 e. The molecule has 0 bridgehead atoms. The molecule has 10 aromatic carbocycles. The molecule has 0 fully saturated rings. The van der Waals surface area contributed by atoms with E-state index in [1.54, 1.807) is 0 Å². The van der Waals surface area contributed by atoms with E-state index in [0.29, 0.717) is 0 Å². The molecule has 12 rings (SSSR count). The number of para-hydroxylation sites is 1. The lowest BCUT2D eigenvalue weighted by atomic mass is 9.67. The first-order valence-corrected chi connectivity index (χ1v) is 22.8. The zero-order valence-electron chi connectivity index (χ0n) is 36.6. The van der Waals surface area contributed by atoms with Gasteiger partial charge >= 0.3 is 0 Å². The second-order valence-electron chi connectivity index (χ2n) is 18.0. The lowest BCUT2D eigenvalue weighted by Crippen LogP contribution is -2.28. The fraction of sp³-hybridized carbons (Fsp3) is 0.0625. The highest BCUT2D eigenvalue weighted by Gasteiger charge is 2.47. The smallest absolute Gasteiger partial charge is 0.0714 e. The fourth-order valence-corrected chi connectivity index (χ4v) is 11.1. The summed E-state index contributed by atoms with van der Waals surface area (Å²) in [6.07, 6.45) is 0. The molecule has 1 unspecified atom stereocenters. The standard InChI is InChI=1S/C64H47N/c1-63(2)58-29-17-15-28-54(58)55-38-36-51(42-60(55)63)65(62-30-18-16-27-53(62)47-23-11-5-12-24-47)52-37-39-56-57-41-48(45-21-9-4-10-22-45)33-40-59(57)64(61(56)43-52,49-25-13-6-14-26-49)50-34-31-46(32-35-50)44-19-7-3-8-20-44/h3-43H,1-2H3. The van der Waals surface area contributed by atoms with Crippen molar-refractivity contribution in [2.45, 2.75) is 24.7 Å². The Bertz CT molecular complexity index is 3370. The Morgan fingerprint density at radius 3 is 1.40 bits per heavy atom. The average molecular weight is 830 g/mol. The van der Waals surface area contributed by atoms with Crippen molar-refractivity contribution < 1.29 is 0 Å². The van der Waals surface area contributed by atoms with Gasteiger partial charge in [-0.15, -0.1) is 0 Å². The van der Waals surface area contributed by atoms with Crippen molar-refractivity contribution in [2.24, 2.45) is 0 Å². The predicted octanol–water partition coefficient (Wildman–Crippen LogP) is 16.8. The van der Waals surface area contributed by atoms with E-state index in [0.717, 1.165) is 17.1 Å². The van der Waals surface area contributed by atoms with Crippen LogP contribution in [0.4, 0.5) is 17.1 Å². The molecule has 2 aliphatic carbocycles.